The maximum absolute atomic E-state index is 12.8. The van der Waals surface area contributed by atoms with Gasteiger partial charge in [-0.15, -0.1) is 0 Å². The van der Waals surface area contributed by atoms with E-state index in [1.54, 1.807) is 4.68 Å². The highest BCUT2D eigenvalue weighted by Crippen LogP contribution is 2.30. The van der Waals surface area contributed by atoms with Gasteiger partial charge in [-0.2, -0.15) is 18.3 Å². The second kappa shape index (κ2) is 8.51. The fourth-order valence-electron chi connectivity index (χ4n) is 4.82. The monoisotopic (exact) mass is 447 g/mol. The topological polar surface area (TPSA) is 44.6 Å². The molecule has 0 unspecified atom stereocenters. The molecule has 32 heavy (non-hydrogen) atoms. The van der Waals surface area contributed by atoms with Crippen molar-refractivity contribution in [2.45, 2.75) is 44.4 Å². The van der Waals surface area contributed by atoms with Crippen LogP contribution in [0.2, 0.25) is 0 Å². The van der Waals surface area contributed by atoms with Gasteiger partial charge < -0.3 is 4.90 Å². The highest BCUT2D eigenvalue weighted by molar-refractivity contribution is 5.78. The first-order valence-electron chi connectivity index (χ1n) is 11.4. The standard InChI is InChI=1S/C23H28F3N5O/c24-23(25,26)18-4-6-20(7-5-18)31-15-17-14-28(9-8-21(17)27-31)16-22(32)30-12-10-29(11-13-30)19-2-1-3-19/h4-7,15,19H,1-3,8-14,16H2. The van der Waals surface area contributed by atoms with Crippen molar-refractivity contribution < 1.29 is 18.0 Å². The second-order valence-corrected chi connectivity index (χ2v) is 9.05. The minimum atomic E-state index is -4.35. The van der Waals surface area contributed by atoms with Crippen molar-refractivity contribution in [3.8, 4) is 5.69 Å². The Morgan fingerprint density at radius 3 is 2.38 bits per heavy atom. The van der Waals surface area contributed by atoms with E-state index in [0.717, 1.165) is 68.6 Å². The Hall–Kier alpha value is -2.39. The number of rotatable bonds is 4. The number of hydrogen-bond acceptors (Lipinski definition) is 4. The van der Waals surface area contributed by atoms with E-state index in [2.05, 4.69) is 14.9 Å². The highest BCUT2D eigenvalue weighted by atomic mass is 19.4. The van der Waals surface area contributed by atoms with Gasteiger partial charge in [-0.3, -0.25) is 14.6 Å². The van der Waals surface area contributed by atoms with E-state index >= 15 is 0 Å². The molecule has 3 heterocycles. The number of fused-ring (bicyclic) bond motifs is 1. The van der Waals surface area contributed by atoms with Crippen LogP contribution in [0.1, 0.15) is 36.1 Å². The normalized spacial score (nSPS) is 20.8. The summed E-state index contributed by atoms with van der Waals surface area (Å²) in [7, 11) is 0. The predicted octanol–water partition coefficient (Wildman–Crippen LogP) is 2.95. The molecule has 3 aliphatic rings. The number of alkyl halides is 3. The molecule has 9 heteroatoms. The molecule has 5 rings (SSSR count). The summed E-state index contributed by atoms with van der Waals surface area (Å²) in [6, 6.07) is 5.75. The molecule has 172 valence electrons. The zero-order valence-corrected chi connectivity index (χ0v) is 18.0. The lowest BCUT2D eigenvalue weighted by Crippen LogP contribution is -2.55. The summed E-state index contributed by atoms with van der Waals surface area (Å²) < 4.78 is 40.0. The van der Waals surface area contributed by atoms with Gasteiger partial charge in [-0.05, 0) is 37.1 Å². The molecule has 1 aromatic heterocycles. The zero-order valence-electron chi connectivity index (χ0n) is 18.0. The first kappa shape index (κ1) is 21.5. The summed E-state index contributed by atoms with van der Waals surface area (Å²) >= 11 is 0. The van der Waals surface area contributed by atoms with E-state index in [0.29, 0.717) is 18.8 Å². The molecule has 1 saturated carbocycles. The lowest BCUT2D eigenvalue weighted by Gasteiger charge is -2.43. The van der Waals surface area contributed by atoms with Gasteiger partial charge >= 0.3 is 6.18 Å². The molecule has 0 spiro atoms. The summed E-state index contributed by atoms with van der Waals surface area (Å²) in [5.41, 5.74) is 1.90. The lowest BCUT2D eigenvalue weighted by atomic mass is 9.91. The third-order valence-electron chi connectivity index (χ3n) is 7.01. The van der Waals surface area contributed by atoms with E-state index in [1.165, 1.54) is 31.4 Å². The molecule has 0 bridgehead atoms. The summed E-state index contributed by atoms with van der Waals surface area (Å²) in [5.74, 6) is 0.178. The van der Waals surface area contributed by atoms with Gasteiger partial charge in [0.1, 0.15) is 0 Å². The van der Waals surface area contributed by atoms with Crippen molar-refractivity contribution >= 4 is 5.91 Å². The van der Waals surface area contributed by atoms with Crippen molar-refractivity contribution in [3.05, 3.63) is 47.3 Å². The maximum atomic E-state index is 12.8. The second-order valence-electron chi connectivity index (χ2n) is 9.05. The number of piperazine rings is 1. The quantitative estimate of drug-likeness (QED) is 0.723. The molecule has 1 aliphatic carbocycles. The van der Waals surface area contributed by atoms with Crippen LogP contribution in [-0.4, -0.2) is 75.7 Å². The summed E-state index contributed by atoms with van der Waals surface area (Å²) in [5, 5.41) is 4.56. The fourth-order valence-corrected chi connectivity index (χ4v) is 4.82. The Morgan fingerprint density at radius 2 is 1.75 bits per heavy atom. The molecule has 2 fully saturated rings. The summed E-state index contributed by atoms with van der Waals surface area (Å²) in [4.78, 5) is 19.5. The Morgan fingerprint density at radius 1 is 1.03 bits per heavy atom. The van der Waals surface area contributed by atoms with Gasteiger partial charge in [0.25, 0.3) is 0 Å². The highest BCUT2D eigenvalue weighted by Gasteiger charge is 2.31. The first-order valence-corrected chi connectivity index (χ1v) is 11.4. The zero-order chi connectivity index (χ0) is 22.3. The van der Waals surface area contributed by atoms with Gasteiger partial charge in [0, 0.05) is 63.5 Å². The maximum Gasteiger partial charge on any atom is 0.416 e. The number of amides is 1. The predicted molar refractivity (Wildman–Crippen MR) is 113 cm³/mol. The third-order valence-corrected chi connectivity index (χ3v) is 7.01. The number of carbonyl (C=O) groups is 1. The molecule has 0 N–H and O–H groups in total. The Bertz CT molecular complexity index is 959. The number of halogens is 3. The molecule has 1 aromatic carbocycles. The van der Waals surface area contributed by atoms with Gasteiger partial charge in [-0.1, -0.05) is 6.42 Å². The summed E-state index contributed by atoms with van der Waals surface area (Å²) in [6.45, 7) is 5.34. The van der Waals surface area contributed by atoms with Gasteiger partial charge in [0.15, 0.2) is 0 Å². The average Bonchev–Trinajstić information content (AvgIpc) is 3.16. The number of carbonyl (C=O) groups excluding carboxylic acids is 1. The van der Waals surface area contributed by atoms with Crippen LogP contribution in [0.15, 0.2) is 30.5 Å². The van der Waals surface area contributed by atoms with E-state index in [1.807, 2.05) is 11.1 Å². The molecule has 0 radical (unpaired) electrons. The van der Waals surface area contributed by atoms with E-state index in [-0.39, 0.29) is 5.91 Å². The number of nitrogens with zero attached hydrogens (tertiary/aromatic N) is 5. The molecule has 0 atom stereocenters. The van der Waals surface area contributed by atoms with Crippen LogP contribution < -0.4 is 0 Å². The van der Waals surface area contributed by atoms with Crippen LogP contribution >= 0.6 is 0 Å². The fraction of sp³-hybridized carbons (Fsp3) is 0.565. The van der Waals surface area contributed by atoms with Crippen molar-refractivity contribution in [1.29, 1.82) is 0 Å². The molecule has 1 saturated heterocycles. The molecule has 1 amide bonds. The van der Waals surface area contributed by atoms with Crippen LogP contribution in [-0.2, 0) is 23.9 Å². The average molecular weight is 448 g/mol. The SMILES string of the molecule is O=C(CN1CCc2nn(-c3ccc(C(F)(F)F)cc3)cc2C1)N1CCN(C2CCC2)CC1. The van der Waals surface area contributed by atoms with Crippen molar-refractivity contribution in [3.63, 3.8) is 0 Å². The van der Waals surface area contributed by atoms with E-state index in [4.69, 9.17) is 0 Å². The van der Waals surface area contributed by atoms with Crippen LogP contribution in [0, 0.1) is 0 Å². The van der Waals surface area contributed by atoms with E-state index < -0.39 is 11.7 Å². The molecular formula is C23H28F3N5O. The molecule has 2 aliphatic heterocycles. The Balaban J connectivity index is 1.17. The van der Waals surface area contributed by atoms with Crippen molar-refractivity contribution in [1.82, 2.24) is 24.5 Å². The lowest BCUT2D eigenvalue weighted by molar-refractivity contribution is -0.137. The molecule has 2 aromatic rings. The molecular weight excluding hydrogens is 419 g/mol. The number of aromatic nitrogens is 2. The largest absolute Gasteiger partial charge is 0.416 e. The van der Waals surface area contributed by atoms with Gasteiger partial charge in [0.05, 0.1) is 23.5 Å². The van der Waals surface area contributed by atoms with Crippen molar-refractivity contribution in [2.24, 2.45) is 0 Å². The van der Waals surface area contributed by atoms with Gasteiger partial charge in [-0.25, -0.2) is 4.68 Å². The van der Waals surface area contributed by atoms with Crippen LogP contribution in [0.5, 0.6) is 0 Å². The van der Waals surface area contributed by atoms with E-state index in [9.17, 15) is 18.0 Å². The number of hydrogen-bond donors (Lipinski definition) is 0. The smallest absolute Gasteiger partial charge is 0.339 e. The third kappa shape index (κ3) is 4.41. The minimum absolute atomic E-state index is 0.178. The first-order chi connectivity index (χ1) is 15.4. The minimum Gasteiger partial charge on any atom is -0.339 e. The molecule has 6 nitrogen and oxygen atoms in total. The van der Waals surface area contributed by atoms with Crippen LogP contribution in [0.3, 0.4) is 0 Å². The van der Waals surface area contributed by atoms with Crippen molar-refractivity contribution in [2.75, 3.05) is 39.3 Å². The Kier molecular flexibility index (Phi) is 5.71. The number of benzene rings is 1. The van der Waals surface area contributed by atoms with Crippen LogP contribution in [0.4, 0.5) is 13.2 Å². The van der Waals surface area contributed by atoms with Crippen LogP contribution in [0.25, 0.3) is 5.69 Å². The Labute approximate surface area is 185 Å². The van der Waals surface area contributed by atoms with Gasteiger partial charge in [0.2, 0.25) is 5.91 Å². The summed E-state index contributed by atoms with van der Waals surface area (Å²) in [6.07, 6.45) is 2.17.